The van der Waals surface area contributed by atoms with Crippen molar-refractivity contribution in [3.8, 4) is 17.2 Å². The van der Waals surface area contributed by atoms with E-state index in [4.69, 9.17) is 16.3 Å². The van der Waals surface area contributed by atoms with Crippen molar-refractivity contribution in [3.05, 3.63) is 142 Å². The second-order valence-electron chi connectivity index (χ2n) is 14.1. The average molecular weight is 714 g/mol. The summed E-state index contributed by atoms with van der Waals surface area (Å²) < 4.78 is 5.54. The zero-order valence-corrected chi connectivity index (χ0v) is 29.1. The molecule has 0 aromatic heterocycles. The SMILES string of the molecule is COc1cc([C@H]2C3=CC[C@@H]4C(=O)N(CCc5ccc(O)cc5)C(=O)[C@@H]4[C@@H]3C[C@H]3C(=O)C(c4ccccc4)=CC(=O)[C@@]23c2ccccc2)cc(Cl)c1O. The number of methoxy groups -OCH3 is 1. The third kappa shape index (κ3) is 5.11. The summed E-state index contributed by atoms with van der Waals surface area (Å²) in [6, 6.07) is 28.4. The van der Waals surface area contributed by atoms with Crippen LogP contribution in [0.25, 0.3) is 5.57 Å². The van der Waals surface area contributed by atoms with Crippen LogP contribution in [0.1, 0.15) is 41.0 Å². The van der Waals surface area contributed by atoms with Gasteiger partial charge >= 0.3 is 0 Å². The van der Waals surface area contributed by atoms with Gasteiger partial charge < -0.3 is 14.9 Å². The minimum Gasteiger partial charge on any atom is -0.508 e. The Morgan fingerprint density at radius 2 is 1.56 bits per heavy atom. The van der Waals surface area contributed by atoms with Crippen LogP contribution in [-0.2, 0) is 31.0 Å². The standard InChI is InChI=1S/C43H36ClNO7/c1-52-35-21-26(20-34(44)40(35)49)38-29-16-17-30-37(42(51)45(41(30)50)19-18-24-12-14-28(46)15-13-24)32(29)22-33-39(48)31(25-8-4-2-5-9-25)23-36(47)43(33,38)27-10-6-3-7-11-27/h2-16,20-21,23,30,32-33,37-38,46,49H,17-19,22H2,1H3/t30-,32+,33-,37-,38-,43-/m0/s1. The summed E-state index contributed by atoms with van der Waals surface area (Å²) in [7, 11) is 1.42. The molecule has 2 fully saturated rings. The minimum atomic E-state index is -1.43. The molecule has 1 saturated heterocycles. The lowest BCUT2D eigenvalue weighted by molar-refractivity contribution is -0.140. The Morgan fingerprint density at radius 1 is 0.865 bits per heavy atom. The number of likely N-dealkylation sites (tertiary alicyclic amines) is 1. The van der Waals surface area contributed by atoms with Gasteiger partial charge in [-0.25, -0.2) is 0 Å². The van der Waals surface area contributed by atoms with Crippen molar-refractivity contribution in [3.63, 3.8) is 0 Å². The maximum absolute atomic E-state index is 15.2. The fourth-order valence-corrected chi connectivity index (χ4v) is 9.57. The topological polar surface area (TPSA) is 121 Å². The van der Waals surface area contributed by atoms with Crippen LogP contribution < -0.4 is 4.74 Å². The number of hydrogen-bond donors (Lipinski definition) is 2. The Balaban J connectivity index is 1.30. The number of amides is 2. The highest BCUT2D eigenvalue weighted by atomic mass is 35.5. The number of benzene rings is 4. The molecule has 2 amide bonds. The number of aromatic hydroxyl groups is 2. The van der Waals surface area contributed by atoms with Gasteiger partial charge in [-0.3, -0.25) is 24.1 Å². The third-order valence-electron chi connectivity index (χ3n) is 11.6. The Labute approximate surface area is 306 Å². The molecule has 1 aliphatic heterocycles. The van der Waals surface area contributed by atoms with E-state index in [-0.39, 0.29) is 58.6 Å². The summed E-state index contributed by atoms with van der Waals surface area (Å²) in [6.45, 7) is 0.182. The molecule has 9 heteroatoms. The first-order chi connectivity index (χ1) is 25.1. The van der Waals surface area contributed by atoms with Crippen molar-refractivity contribution in [1.82, 2.24) is 4.90 Å². The highest BCUT2D eigenvalue weighted by Crippen LogP contribution is 2.64. The van der Waals surface area contributed by atoms with Gasteiger partial charge in [-0.2, -0.15) is 0 Å². The van der Waals surface area contributed by atoms with Gasteiger partial charge in [0.1, 0.15) is 5.75 Å². The van der Waals surface area contributed by atoms with Gasteiger partial charge in [0.05, 0.1) is 29.4 Å². The number of rotatable bonds is 7. The molecule has 1 heterocycles. The van der Waals surface area contributed by atoms with Gasteiger partial charge in [0.2, 0.25) is 11.8 Å². The highest BCUT2D eigenvalue weighted by Gasteiger charge is 2.66. The second kappa shape index (κ2) is 12.9. The van der Waals surface area contributed by atoms with Crippen molar-refractivity contribution in [2.75, 3.05) is 13.7 Å². The molecular formula is C43H36ClNO7. The van der Waals surface area contributed by atoms with Crippen LogP contribution in [-0.4, -0.2) is 52.1 Å². The number of fused-ring (bicyclic) bond motifs is 4. The van der Waals surface area contributed by atoms with Gasteiger partial charge in [-0.1, -0.05) is 96.0 Å². The number of carbonyl (C=O) groups is 4. The van der Waals surface area contributed by atoms with Crippen LogP contribution in [0.3, 0.4) is 0 Å². The molecule has 1 saturated carbocycles. The van der Waals surface area contributed by atoms with E-state index in [0.717, 1.165) is 11.1 Å². The molecule has 8 rings (SSSR count). The van der Waals surface area contributed by atoms with Crippen molar-refractivity contribution < 1.29 is 34.1 Å². The monoisotopic (exact) mass is 713 g/mol. The number of nitrogens with zero attached hydrogens (tertiary/aromatic N) is 1. The Morgan fingerprint density at radius 3 is 2.25 bits per heavy atom. The van der Waals surface area contributed by atoms with Gasteiger partial charge in [-0.05, 0) is 77.8 Å². The van der Waals surface area contributed by atoms with E-state index in [1.165, 1.54) is 18.1 Å². The van der Waals surface area contributed by atoms with E-state index in [1.54, 1.807) is 36.4 Å². The van der Waals surface area contributed by atoms with E-state index in [2.05, 4.69) is 0 Å². The molecular weight excluding hydrogens is 678 g/mol. The molecule has 0 bridgehead atoms. The smallest absolute Gasteiger partial charge is 0.233 e. The van der Waals surface area contributed by atoms with E-state index < -0.39 is 35.0 Å². The normalized spacial score (nSPS) is 26.7. The Bertz CT molecular complexity index is 2180. The van der Waals surface area contributed by atoms with Crippen molar-refractivity contribution in [1.29, 1.82) is 0 Å². The van der Waals surface area contributed by atoms with Crippen LogP contribution in [0.4, 0.5) is 0 Å². The lowest BCUT2D eigenvalue weighted by atomic mass is 9.44. The molecule has 0 radical (unpaired) electrons. The van der Waals surface area contributed by atoms with Crippen LogP contribution in [0.5, 0.6) is 17.2 Å². The van der Waals surface area contributed by atoms with E-state index >= 15 is 9.59 Å². The average Bonchev–Trinajstić information content (AvgIpc) is 3.41. The predicted octanol–water partition coefficient (Wildman–Crippen LogP) is 6.83. The summed E-state index contributed by atoms with van der Waals surface area (Å²) in [6.07, 6.45) is 4.36. The fraction of sp³-hybridized carbons (Fsp3) is 0.256. The highest BCUT2D eigenvalue weighted by molar-refractivity contribution is 6.33. The van der Waals surface area contributed by atoms with Gasteiger partial charge in [0.15, 0.2) is 23.1 Å². The minimum absolute atomic E-state index is 0.0214. The van der Waals surface area contributed by atoms with E-state index in [1.807, 2.05) is 66.7 Å². The third-order valence-corrected chi connectivity index (χ3v) is 11.9. The number of ether oxygens (including phenoxy) is 1. The number of phenols is 2. The number of Topliss-reactive ketones (excluding diaryl/α,β-unsaturated/α-hetero) is 1. The molecule has 2 N–H and O–H groups in total. The van der Waals surface area contributed by atoms with Gasteiger partial charge in [0, 0.05) is 24.0 Å². The van der Waals surface area contributed by atoms with Crippen molar-refractivity contribution in [2.24, 2.45) is 23.7 Å². The molecule has 3 aliphatic carbocycles. The first kappa shape index (κ1) is 33.7. The fourth-order valence-electron chi connectivity index (χ4n) is 9.35. The number of hydrogen-bond acceptors (Lipinski definition) is 7. The number of halogens is 1. The molecule has 0 unspecified atom stereocenters. The maximum Gasteiger partial charge on any atom is 0.233 e. The molecule has 6 atom stereocenters. The van der Waals surface area contributed by atoms with Crippen LogP contribution in [0.2, 0.25) is 5.02 Å². The van der Waals surface area contributed by atoms with Crippen LogP contribution >= 0.6 is 11.6 Å². The summed E-state index contributed by atoms with van der Waals surface area (Å²) in [4.78, 5) is 60.0. The summed E-state index contributed by atoms with van der Waals surface area (Å²) in [5.41, 5.74) is 2.39. The number of imide groups is 1. The molecule has 8 nitrogen and oxygen atoms in total. The Kier molecular flexibility index (Phi) is 8.38. The molecule has 4 aromatic rings. The number of carbonyl (C=O) groups excluding carboxylic acids is 4. The van der Waals surface area contributed by atoms with Crippen molar-refractivity contribution >= 4 is 40.6 Å². The zero-order valence-electron chi connectivity index (χ0n) is 28.4. The van der Waals surface area contributed by atoms with Crippen molar-refractivity contribution in [2.45, 2.75) is 30.6 Å². The number of allylic oxidation sites excluding steroid dienone is 4. The number of ketones is 2. The summed E-state index contributed by atoms with van der Waals surface area (Å²) in [5.74, 6) is -4.56. The molecule has 0 spiro atoms. The molecule has 262 valence electrons. The van der Waals surface area contributed by atoms with Crippen LogP contribution in [0.15, 0.2) is 115 Å². The quantitative estimate of drug-likeness (QED) is 0.159. The molecule has 4 aromatic carbocycles. The molecule has 52 heavy (non-hydrogen) atoms. The molecule has 4 aliphatic rings. The lowest BCUT2D eigenvalue weighted by Crippen LogP contribution is -2.58. The zero-order chi connectivity index (χ0) is 36.3. The van der Waals surface area contributed by atoms with E-state index in [9.17, 15) is 19.8 Å². The van der Waals surface area contributed by atoms with E-state index in [0.29, 0.717) is 35.1 Å². The predicted molar refractivity (Wildman–Crippen MR) is 195 cm³/mol. The lowest BCUT2D eigenvalue weighted by Gasteiger charge is -2.55. The summed E-state index contributed by atoms with van der Waals surface area (Å²) >= 11 is 6.64. The first-order valence-electron chi connectivity index (χ1n) is 17.5. The second-order valence-corrected chi connectivity index (χ2v) is 14.5. The largest absolute Gasteiger partial charge is 0.508 e. The van der Waals surface area contributed by atoms with Gasteiger partial charge in [0.25, 0.3) is 0 Å². The number of phenolic OH excluding ortho intramolecular Hbond substituents is 2. The Hall–Kier alpha value is -5.47. The van der Waals surface area contributed by atoms with Gasteiger partial charge in [-0.15, -0.1) is 0 Å². The first-order valence-corrected chi connectivity index (χ1v) is 17.8. The maximum atomic E-state index is 15.2. The van der Waals surface area contributed by atoms with Crippen LogP contribution in [0, 0.1) is 23.7 Å². The summed E-state index contributed by atoms with van der Waals surface area (Å²) in [5, 5.41) is 20.5.